The van der Waals surface area contributed by atoms with Gasteiger partial charge in [-0.05, 0) is 13.0 Å². The quantitative estimate of drug-likeness (QED) is 0.871. The average molecular weight is 290 g/mol. The van der Waals surface area contributed by atoms with Crippen molar-refractivity contribution < 1.29 is 14.2 Å². The number of nitrogens with one attached hydrogen (secondary N) is 1. The van der Waals surface area contributed by atoms with Crippen molar-refractivity contribution in [3.8, 4) is 17.2 Å². The van der Waals surface area contributed by atoms with Gasteiger partial charge in [0.15, 0.2) is 11.5 Å². The van der Waals surface area contributed by atoms with Crippen LogP contribution in [0.2, 0.25) is 0 Å². The molecule has 0 aliphatic heterocycles. The molecule has 1 heterocycles. The Labute approximate surface area is 123 Å². The first-order valence-corrected chi connectivity index (χ1v) is 6.25. The van der Waals surface area contributed by atoms with Crippen LogP contribution in [-0.2, 0) is 0 Å². The van der Waals surface area contributed by atoms with Gasteiger partial charge < -0.3 is 25.3 Å². The molecule has 0 atom stereocenters. The van der Waals surface area contributed by atoms with Gasteiger partial charge in [0.25, 0.3) is 0 Å². The highest BCUT2D eigenvalue weighted by Crippen LogP contribution is 2.44. The van der Waals surface area contributed by atoms with Crippen molar-refractivity contribution in [1.29, 1.82) is 0 Å². The van der Waals surface area contributed by atoms with E-state index in [0.29, 0.717) is 29.0 Å². The van der Waals surface area contributed by atoms with Crippen LogP contribution in [0.5, 0.6) is 17.2 Å². The maximum absolute atomic E-state index is 5.65. The zero-order chi connectivity index (χ0) is 15.4. The predicted molar refractivity (Wildman–Crippen MR) is 80.6 cm³/mol. The number of aromatic nitrogens is 2. The normalized spacial score (nSPS) is 10.1. The van der Waals surface area contributed by atoms with Gasteiger partial charge in [0, 0.05) is 17.8 Å². The fourth-order valence-corrected chi connectivity index (χ4v) is 1.98. The molecule has 0 amide bonds. The summed E-state index contributed by atoms with van der Waals surface area (Å²) in [6, 6.07) is 3.41. The number of nitrogens with zero attached hydrogens (tertiary/aromatic N) is 2. The molecule has 0 saturated carbocycles. The smallest absolute Gasteiger partial charge is 0.229 e. The molecular weight excluding hydrogens is 272 g/mol. The second-order valence-corrected chi connectivity index (χ2v) is 4.25. The van der Waals surface area contributed by atoms with E-state index in [9.17, 15) is 0 Å². The predicted octanol–water partition coefficient (Wildman–Crippen LogP) is 2.14. The molecular formula is C14H18N4O3. The first-order chi connectivity index (χ1) is 10.1. The molecule has 2 rings (SSSR count). The van der Waals surface area contributed by atoms with Crippen LogP contribution < -0.4 is 25.3 Å². The van der Waals surface area contributed by atoms with E-state index in [2.05, 4.69) is 15.3 Å². The topological polar surface area (TPSA) is 91.5 Å². The van der Waals surface area contributed by atoms with Crippen molar-refractivity contribution in [2.24, 2.45) is 0 Å². The zero-order valence-electron chi connectivity index (χ0n) is 12.4. The number of ether oxygens (including phenoxy) is 3. The van der Waals surface area contributed by atoms with Crippen molar-refractivity contribution in [3.63, 3.8) is 0 Å². The van der Waals surface area contributed by atoms with Crippen molar-refractivity contribution >= 4 is 17.5 Å². The fourth-order valence-electron chi connectivity index (χ4n) is 1.98. The zero-order valence-corrected chi connectivity index (χ0v) is 12.4. The molecule has 7 heteroatoms. The second kappa shape index (κ2) is 6.17. The summed E-state index contributed by atoms with van der Waals surface area (Å²) in [7, 11) is 4.70. The van der Waals surface area contributed by atoms with E-state index in [1.54, 1.807) is 39.7 Å². The second-order valence-electron chi connectivity index (χ2n) is 4.25. The first kappa shape index (κ1) is 14.7. The van der Waals surface area contributed by atoms with Gasteiger partial charge in [-0.25, -0.2) is 4.98 Å². The Hall–Kier alpha value is -2.70. The van der Waals surface area contributed by atoms with Gasteiger partial charge in [0.1, 0.15) is 5.82 Å². The van der Waals surface area contributed by atoms with Crippen molar-refractivity contribution in [1.82, 2.24) is 9.97 Å². The molecule has 21 heavy (non-hydrogen) atoms. The van der Waals surface area contributed by atoms with Crippen molar-refractivity contribution in [3.05, 3.63) is 23.9 Å². The molecule has 0 radical (unpaired) electrons. The van der Waals surface area contributed by atoms with Gasteiger partial charge in [0.2, 0.25) is 11.7 Å². The Kier molecular flexibility index (Phi) is 4.32. The lowest BCUT2D eigenvalue weighted by Gasteiger charge is -2.18. The summed E-state index contributed by atoms with van der Waals surface area (Å²) < 4.78 is 16.1. The SMILES string of the molecule is COc1cc(Nc2nccc(N)n2)c(C)c(OC)c1OC. The molecule has 1 aromatic carbocycles. The molecule has 0 saturated heterocycles. The van der Waals surface area contributed by atoms with Crippen molar-refractivity contribution in [2.45, 2.75) is 6.92 Å². The maximum Gasteiger partial charge on any atom is 0.229 e. The van der Waals surface area contributed by atoms with E-state index in [1.807, 2.05) is 6.92 Å². The number of nitrogens with two attached hydrogens (primary N) is 1. The fraction of sp³-hybridized carbons (Fsp3) is 0.286. The minimum absolute atomic E-state index is 0.387. The summed E-state index contributed by atoms with van der Waals surface area (Å²) in [5.41, 5.74) is 7.24. The Morgan fingerprint density at radius 2 is 1.81 bits per heavy atom. The van der Waals surface area contributed by atoms with Crippen LogP contribution in [0.1, 0.15) is 5.56 Å². The highest BCUT2D eigenvalue weighted by molar-refractivity contribution is 5.71. The molecule has 0 fully saturated rings. The van der Waals surface area contributed by atoms with Crippen LogP contribution in [0.4, 0.5) is 17.5 Å². The van der Waals surface area contributed by atoms with Crippen LogP contribution in [0, 0.1) is 6.92 Å². The Bertz CT molecular complexity index is 646. The average Bonchev–Trinajstić information content (AvgIpc) is 2.48. The van der Waals surface area contributed by atoms with Gasteiger partial charge >= 0.3 is 0 Å². The third kappa shape index (κ3) is 2.91. The Balaban J connectivity index is 2.48. The van der Waals surface area contributed by atoms with Crippen LogP contribution in [0.3, 0.4) is 0 Å². The number of benzene rings is 1. The van der Waals surface area contributed by atoms with E-state index < -0.39 is 0 Å². The summed E-state index contributed by atoms with van der Waals surface area (Å²) in [6.45, 7) is 1.90. The number of rotatable bonds is 5. The highest BCUT2D eigenvalue weighted by Gasteiger charge is 2.18. The van der Waals surface area contributed by atoms with Crippen molar-refractivity contribution in [2.75, 3.05) is 32.4 Å². The first-order valence-electron chi connectivity index (χ1n) is 6.25. The van der Waals surface area contributed by atoms with Gasteiger partial charge in [-0.2, -0.15) is 4.98 Å². The van der Waals surface area contributed by atoms with E-state index in [1.165, 1.54) is 0 Å². The lowest BCUT2D eigenvalue weighted by molar-refractivity contribution is 0.323. The molecule has 0 bridgehead atoms. The molecule has 112 valence electrons. The van der Waals surface area contributed by atoms with Crippen LogP contribution >= 0.6 is 0 Å². The van der Waals surface area contributed by atoms with Gasteiger partial charge in [-0.15, -0.1) is 0 Å². The molecule has 2 aromatic rings. The molecule has 0 spiro atoms. The summed E-state index contributed by atoms with van der Waals surface area (Å²) in [5.74, 6) is 2.45. The molecule has 0 aliphatic rings. The highest BCUT2D eigenvalue weighted by atomic mass is 16.5. The molecule has 0 aliphatic carbocycles. The number of nitrogen functional groups attached to an aromatic ring is 1. The third-order valence-corrected chi connectivity index (χ3v) is 3.00. The third-order valence-electron chi connectivity index (χ3n) is 3.00. The van der Waals surface area contributed by atoms with Crippen LogP contribution in [-0.4, -0.2) is 31.3 Å². The molecule has 3 N–H and O–H groups in total. The molecule has 0 unspecified atom stereocenters. The van der Waals surface area contributed by atoms with Crippen LogP contribution in [0.15, 0.2) is 18.3 Å². The summed E-state index contributed by atoms with van der Waals surface area (Å²) in [4.78, 5) is 8.22. The molecule has 7 nitrogen and oxygen atoms in total. The lowest BCUT2D eigenvalue weighted by atomic mass is 10.1. The number of hydrogen-bond donors (Lipinski definition) is 2. The number of methoxy groups -OCH3 is 3. The van der Waals surface area contributed by atoms with E-state index in [0.717, 1.165) is 11.3 Å². The van der Waals surface area contributed by atoms with Gasteiger partial charge in [0.05, 0.1) is 27.0 Å². The Morgan fingerprint density at radius 3 is 2.38 bits per heavy atom. The van der Waals surface area contributed by atoms with Gasteiger partial charge in [-0.3, -0.25) is 0 Å². The minimum atomic E-state index is 0.387. The van der Waals surface area contributed by atoms with E-state index >= 15 is 0 Å². The largest absolute Gasteiger partial charge is 0.493 e. The Morgan fingerprint density at radius 1 is 1.10 bits per heavy atom. The summed E-state index contributed by atoms with van der Waals surface area (Å²) in [6.07, 6.45) is 1.58. The van der Waals surface area contributed by atoms with E-state index in [4.69, 9.17) is 19.9 Å². The van der Waals surface area contributed by atoms with Crippen LogP contribution in [0.25, 0.3) is 0 Å². The monoisotopic (exact) mass is 290 g/mol. The summed E-state index contributed by atoms with van der Waals surface area (Å²) in [5, 5.41) is 3.10. The maximum atomic E-state index is 5.65. The number of hydrogen-bond acceptors (Lipinski definition) is 7. The standard InChI is InChI=1S/C14H18N4O3/c1-8-9(17-14-16-6-5-11(15)18-14)7-10(19-2)13(21-4)12(8)20-3/h5-7H,1-4H3,(H3,15,16,17,18). The summed E-state index contributed by atoms with van der Waals surface area (Å²) >= 11 is 0. The lowest BCUT2D eigenvalue weighted by Crippen LogP contribution is -2.04. The number of anilines is 3. The molecule has 1 aromatic heterocycles. The minimum Gasteiger partial charge on any atom is -0.493 e. The van der Waals surface area contributed by atoms with Gasteiger partial charge in [-0.1, -0.05) is 0 Å². The van der Waals surface area contributed by atoms with E-state index in [-0.39, 0.29) is 0 Å².